The Morgan fingerprint density at radius 2 is 1.33 bits per heavy atom. The number of nitrogens with one attached hydrogen (secondary N) is 1. The Kier molecular flexibility index (Phi) is 5.33. The third kappa shape index (κ3) is 5.81. The van der Waals surface area contributed by atoms with Crippen molar-refractivity contribution in [3.8, 4) is 0 Å². The molecule has 0 spiro atoms. The molecule has 0 aliphatic rings. The molecule has 0 amide bonds. The lowest BCUT2D eigenvalue weighted by atomic mass is 9.93. The van der Waals surface area contributed by atoms with Gasteiger partial charge in [-0.1, -0.05) is 48.5 Å². The van der Waals surface area contributed by atoms with E-state index in [0.717, 1.165) is 18.9 Å². The molecular weight excluding hydrogens is 184 g/mol. The van der Waals surface area contributed by atoms with Gasteiger partial charge in [0.1, 0.15) is 5.84 Å². The van der Waals surface area contributed by atoms with Gasteiger partial charge in [-0.05, 0) is 11.8 Å². The third-order valence-electron chi connectivity index (χ3n) is 2.20. The topological polar surface area (TPSA) is 27.1 Å². The first kappa shape index (κ1) is 14.5. The molecule has 0 saturated heterocycles. The van der Waals surface area contributed by atoms with E-state index in [-0.39, 0.29) is 5.41 Å². The van der Waals surface area contributed by atoms with Crippen LogP contribution in [0.5, 0.6) is 0 Å². The monoisotopic (exact) mass is 212 g/mol. The molecule has 0 fully saturated rings. The summed E-state index contributed by atoms with van der Waals surface area (Å²) < 4.78 is 0. The average molecular weight is 212 g/mol. The molecule has 0 radical (unpaired) electrons. The molecular formula is C13H28N2. The summed E-state index contributed by atoms with van der Waals surface area (Å²) in [6.45, 7) is 17.2. The van der Waals surface area contributed by atoms with E-state index in [2.05, 4.69) is 53.4 Å². The van der Waals surface area contributed by atoms with Crippen LogP contribution in [0.4, 0.5) is 0 Å². The fraction of sp³-hybridized carbons (Fsp3) is 0.923. The predicted octanol–water partition coefficient (Wildman–Crippen LogP) is 3.62. The maximum absolute atomic E-state index is 8.21. The normalized spacial score (nSPS) is 12.3. The van der Waals surface area contributed by atoms with Gasteiger partial charge in [-0.2, -0.15) is 0 Å². The van der Waals surface area contributed by atoms with Crippen molar-refractivity contribution >= 4 is 5.84 Å². The first-order valence-corrected chi connectivity index (χ1v) is 5.98. The Morgan fingerprint density at radius 1 is 1.00 bits per heavy atom. The van der Waals surface area contributed by atoms with Crippen molar-refractivity contribution < 1.29 is 0 Å². The zero-order chi connectivity index (χ0) is 12.2. The van der Waals surface area contributed by atoms with Crippen molar-refractivity contribution in [1.82, 2.24) is 4.90 Å². The van der Waals surface area contributed by atoms with E-state index in [1.807, 2.05) is 0 Å². The Hall–Kier alpha value is -0.530. The highest BCUT2D eigenvalue weighted by Crippen LogP contribution is 2.19. The molecule has 15 heavy (non-hydrogen) atoms. The van der Waals surface area contributed by atoms with Crippen molar-refractivity contribution in [2.45, 2.75) is 48.5 Å². The second-order valence-electron chi connectivity index (χ2n) is 6.29. The zero-order valence-corrected chi connectivity index (χ0v) is 11.5. The van der Waals surface area contributed by atoms with Crippen molar-refractivity contribution in [2.24, 2.45) is 17.3 Å². The molecule has 0 aromatic rings. The van der Waals surface area contributed by atoms with Crippen molar-refractivity contribution in [1.29, 1.82) is 5.41 Å². The van der Waals surface area contributed by atoms with Gasteiger partial charge in [0.2, 0.25) is 0 Å². The fourth-order valence-electron chi connectivity index (χ4n) is 1.61. The number of amidine groups is 1. The van der Waals surface area contributed by atoms with Gasteiger partial charge in [-0.25, -0.2) is 0 Å². The maximum Gasteiger partial charge on any atom is 0.101 e. The van der Waals surface area contributed by atoms with Crippen LogP contribution in [-0.4, -0.2) is 23.8 Å². The molecule has 0 rings (SSSR count). The summed E-state index contributed by atoms with van der Waals surface area (Å²) in [6, 6.07) is 0. The quantitative estimate of drug-likeness (QED) is 0.559. The van der Waals surface area contributed by atoms with Crippen LogP contribution < -0.4 is 0 Å². The van der Waals surface area contributed by atoms with E-state index < -0.39 is 0 Å². The summed E-state index contributed by atoms with van der Waals surface area (Å²) in [6.07, 6.45) is 0. The third-order valence-corrected chi connectivity index (χ3v) is 2.20. The molecule has 0 saturated carbocycles. The number of rotatable bonds is 4. The lowest BCUT2D eigenvalue weighted by Gasteiger charge is -2.35. The maximum atomic E-state index is 8.21. The standard InChI is InChI=1S/C13H28N2/c1-10(2)8-15(9-11(3)4)12(14)13(5,6)7/h10-11,14H,8-9H2,1-7H3. The van der Waals surface area contributed by atoms with E-state index >= 15 is 0 Å². The van der Waals surface area contributed by atoms with Gasteiger partial charge in [0.15, 0.2) is 0 Å². The van der Waals surface area contributed by atoms with Crippen LogP contribution in [0.1, 0.15) is 48.5 Å². The van der Waals surface area contributed by atoms with Crippen LogP contribution in [0.25, 0.3) is 0 Å². The zero-order valence-electron chi connectivity index (χ0n) is 11.5. The van der Waals surface area contributed by atoms with E-state index in [1.54, 1.807) is 0 Å². The second-order valence-corrected chi connectivity index (χ2v) is 6.29. The minimum absolute atomic E-state index is 0.0379. The van der Waals surface area contributed by atoms with Crippen molar-refractivity contribution in [2.75, 3.05) is 13.1 Å². The van der Waals surface area contributed by atoms with E-state index in [0.29, 0.717) is 11.8 Å². The number of hydrogen-bond acceptors (Lipinski definition) is 1. The minimum Gasteiger partial charge on any atom is -0.360 e. The molecule has 0 aliphatic heterocycles. The largest absolute Gasteiger partial charge is 0.360 e. The first-order valence-electron chi connectivity index (χ1n) is 5.98. The molecule has 0 atom stereocenters. The van der Waals surface area contributed by atoms with Crippen LogP contribution in [0.15, 0.2) is 0 Å². The summed E-state index contributed by atoms with van der Waals surface area (Å²) in [5.41, 5.74) is -0.0379. The lowest BCUT2D eigenvalue weighted by Crippen LogP contribution is -2.42. The minimum atomic E-state index is -0.0379. The van der Waals surface area contributed by atoms with Crippen LogP contribution >= 0.6 is 0 Å². The van der Waals surface area contributed by atoms with E-state index in [1.165, 1.54) is 0 Å². The van der Waals surface area contributed by atoms with Crippen LogP contribution in [0.2, 0.25) is 0 Å². The highest BCUT2D eigenvalue weighted by Gasteiger charge is 2.24. The lowest BCUT2D eigenvalue weighted by molar-refractivity contribution is 0.298. The summed E-state index contributed by atoms with van der Waals surface area (Å²) in [7, 11) is 0. The molecule has 0 unspecified atom stereocenters. The molecule has 0 heterocycles. The van der Waals surface area contributed by atoms with Gasteiger partial charge in [0.05, 0.1) is 0 Å². The Balaban J connectivity index is 4.55. The molecule has 2 nitrogen and oxygen atoms in total. The van der Waals surface area contributed by atoms with Crippen LogP contribution in [0.3, 0.4) is 0 Å². The average Bonchev–Trinajstić information content (AvgIpc) is 1.98. The Bertz CT molecular complexity index is 189. The Labute approximate surface area is 95.6 Å². The highest BCUT2D eigenvalue weighted by atomic mass is 15.2. The van der Waals surface area contributed by atoms with Gasteiger partial charge in [0.25, 0.3) is 0 Å². The van der Waals surface area contributed by atoms with Gasteiger partial charge < -0.3 is 4.90 Å². The van der Waals surface area contributed by atoms with Gasteiger partial charge in [-0.3, -0.25) is 5.41 Å². The Morgan fingerprint density at radius 3 is 1.53 bits per heavy atom. The summed E-state index contributed by atoms with van der Waals surface area (Å²) >= 11 is 0. The van der Waals surface area contributed by atoms with E-state index in [4.69, 9.17) is 5.41 Å². The number of hydrogen-bond donors (Lipinski definition) is 1. The molecule has 0 aromatic heterocycles. The van der Waals surface area contributed by atoms with Gasteiger partial charge in [0, 0.05) is 18.5 Å². The predicted molar refractivity (Wildman–Crippen MR) is 68.4 cm³/mol. The first-order chi connectivity index (χ1) is 6.64. The molecule has 2 heteroatoms. The van der Waals surface area contributed by atoms with Crippen molar-refractivity contribution in [3.05, 3.63) is 0 Å². The smallest absolute Gasteiger partial charge is 0.101 e. The van der Waals surface area contributed by atoms with E-state index in [9.17, 15) is 0 Å². The van der Waals surface area contributed by atoms with Gasteiger partial charge >= 0.3 is 0 Å². The molecule has 1 N–H and O–H groups in total. The molecule has 90 valence electrons. The summed E-state index contributed by atoms with van der Waals surface area (Å²) in [5, 5.41) is 8.21. The summed E-state index contributed by atoms with van der Waals surface area (Å²) in [5.74, 6) is 2.00. The molecule has 0 aliphatic carbocycles. The van der Waals surface area contributed by atoms with Crippen LogP contribution in [0, 0.1) is 22.7 Å². The van der Waals surface area contributed by atoms with Crippen molar-refractivity contribution in [3.63, 3.8) is 0 Å². The molecule has 0 aromatic carbocycles. The summed E-state index contributed by atoms with van der Waals surface area (Å²) in [4.78, 5) is 2.23. The van der Waals surface area contributed by atoms with Gasteiger partial charge in [-0.15, -0.1) is 0 Å². The highest BCUT2D eigenvalue weighted by molar-refractivity contribution is 5.84. The number of nitrogens with zero attached hydrogens (tertiary/aromatic N) is 1. The molecule has 0 bridgehead atoms. The fourth-order valence-corrected chi connectivity index (χ4v) is 1.61. The second kappa shape index (κ2) is 5.53. The van der Waals surface area contributed by atoms with Crippen LogP contribution in [-0.2, 0) is 0 Å². The SMILES string of the molecule is CC(C)CN(CC(C)C)C(=N)C(C)(C)C.